The predicted molar refractivity (Wildman–Crippen MR) is 130 cm³/mol. The third-order valence-electron chi connectivity index (χ3n) is 8.10. The lowest BCUT2D eigenvalue weighted by molar-refractivity contribution is -0.0743. The lowest BCUT2D eigenvalue weighted by atomic mass is 9.73. The van der Waals surface area contributed by atoms with Crippen LogP contribution in [-0.2, 0) is 10.3 Å². The Morgan fingerprint density at radius 2 is 1.94 bits per heavy atom. The van der Waals surface area contributed by atoms with Gasteiger partial charge in [-0.2, -0.15) is 0 Å². The normalized spacial score (nSPS) is 24.3. The van der Waals surface area contributed by atoms with Gasteiger partial charge < -0.3 is 15.2 Å². The number of nitrogens with zero attached hydrogens (tertiary/aromatic N) is 1. The average molecular weight is 503 g/mol. The molecule has 2 N–H and O–H groups in total. The monoisotopic (exact) mass is 502 g/mol. The molecule has 0 amide bonds. The van der Waals surface area contributed by atoms with E-state index in [2.05, 4.69) is 10.2 Å². The zero-order chi connectivity index (χ0) is 25.5. The highest BCUT2D eigenvalue weighted by Crippen LogP contribution is 2.43. The molecule has 2 fully saturated rings. The second kappa shape index (κ2) is 12.8. The number of likely N-dealkylation sites (N-methyl/N-ethyl adjacent to an activating group) is 1. The Balaban J connectivity index is 1.77. The molecular formula is C27H42F4N2O2. The Morgan fingerprint density at radius 3 is 2.63 bits per heavy atom. The van der Waals surface area contributed by atoms with Gasteiger partial charge >= 0.3 is 0 Å². The van der Waals surface area contributed by atoms with E-state index in [9.17, 15) is 22.7 Å². The standard InChI is InChI=1S/C27H42F4N2O2/c1-32-18-22(17-20-10-13-26(30,31)14-11-20)33-15-6-7-21(19-33)27(34,12-3-4-16-35-2)23-8-5-9-24(28)25(23)29/h5,8-9,20-22,32,34H,3-4,6-7,10-19H2,1-2H3/t21-,22?,27+/m1/s1. The molecule has 4 nitrogen and oxygen atoms in total. The molecule has 0 radical (unpaired) electrons. The van der Waals surface area contributed by atoms with Crippen LogP contribution in [0, 0.1) is 23.5 Å². The lowest BCUT2D eigenvalue weighted by Gasteiger charge is -2.46. The first-order chi connectivity index (χ1) is 16.7. The Labute approximate surface area is 207 Å². The van der Waals surface area contributed by atoms with Gasteiger partial charge in [0.25, 0.3) is 0 Å². The first kappa shape index (κ1) is 28.4. The van der Waals surface area contributed by atoms with Crippen molar-refractivity contribution in [2.24, 2.45) is 11.8 Å². The SMILES string of the molecule is CNCC(CC1CCC(F)(F)CC1)N1CCC[C@@H]([C@@](O)(CCCCOC)c2cccc(F)c2F)C1. The van der Waals surface area contributed by atoms with Crippen molar-refractivity contribution < 1.29 is 27.4 Å². The van der Waals surface area contributed by atoms with Crippen molar-refractivity contribution in [2.45, 2.75) is 81.8 Å². The lowest BCUT2D eigenvalue weighted by Crippen LogP contribution is -2.52. The average Bonchev–Trinajstić information content (AvgIpc) is 2.84. The molecule has 0 aromatic heterocycles. The van der Waals surface area contributed by atoms with Crippen molar-refractivity contribution in [1.82, 2.24) is 10.2 Å². The van der Waals surface area contributed by atoms with Crippen LogP contribution in [0.2, 0.25) is 0 Å². The summed E-state index contributed by atoms with van der Waals surface area (Å²) in [5.41, 5.74) is -1.46. The van der Waals surface area contributed by atoms with Crippen LogP contribution < -0.4 is 5.32 Å². The second-order valence-electron chi connectivity index (χ2n) is 10.6. The molecule has 0 bridgehead atoms. The Bertz CT molecular complexity index is 786. The first-order valence-corrected chi connectivity index (χ1v) is 13.1. The van der Waals surface area contributed by atoms with Crippen LogP contribution in [0.15, 0.2) is 18.2 Å². The van der Waals surface area contributed by atoms with Crippen molar-refractivity contribution >= 4 is 0 Å². The highest BCUT2D eigenvalue weighted by atomic mass is 19.3. The predicted octanol–water partition coefficient (Wildman–Crippen LogP) is 5.48. The molecule has 35 heavy (non-hydrogen) atoms. The summed E-state index contributed by atoms with van der Waals surface area (Å²) in [4.78, 5) is 2.33. The van der Waals surface area contributed by atoms with Crippen molar-refractivity contribution in [3.63, 3.8) is 0 Å². The number of hydrogen-bond acceptors (Lipinski definition) is 4. The summed E-state index contributed by atoms with van der Waals surface area (Å²) in [6, 6.07) is 4.18. The maximum atomic E-state index is 14.9. The maximum Gasteiger partial charge on any atom is 0.248 e. The molecule has 1 unspecified atom stereocenters. The number of methoxy groups -OCH3 is 1. The molecule has 1 aliphatic carbocycles. The number of nitrogens with one attached hydrogen (secondary N) is 1. The largest absolute Gasteiger partial charge is 0.385 e. The zero-order valence-corrected chi connectivity index (χ0v) is 21.2. The number of piperidine rings is 1. The van der Waals surface area contributed by atoms with E-state index in [0.29, 0.717) is 38.8 Å². The number of rotatable bonds is 12. The van der Waals surface area contributed by atoms with E-state index in [1.807, 2.05) is 7.05 Å². The van der Waals surface area contributed by atoms with Gasteiger partial charge in [0.1, 0.15) is 0 Å². The molecule has 1 aromatic carbocycles. The molecule has 3 atom stereocenters. The number of halogens is 4. The summed E-state index contributed by atoms with van der Waals surface area (Å²) in [6.07, 6.45) is 5.02. The highest BCUT2D eigenvalue weighted by Gasteiger charge is 2.44. The van der Waals surface area contributed by atoms with Crippen LogP contribution in [0.4, 0.5) is 17.6 Å². The van der Waals surface area contributed by atoms with Gasteiger partial charge in [-0.25, -0.2) is 17.6 Å². The summed E-state index contributed by atoms with van der Waals surface area (Å²) in [7, 11) is 3.50. The summed E-state index contributed by atoms with van der Waals surface area (Å²) in [5, 5.41) is 15.2. The van der Waals surface area contributed by atoms with E-state index in [0.717, 1.165) is 44.8 Å². The molecule has 1 aromatic rings. The van der Waals surface area contributed by atoms with Gasteiger partial charge in [0.05, 0.1) is 5.60 Å². The van der Waals surface area contributed by atoms with Gasteiger partial charge in [0.15, 0.2) is 11.6 Å². The summed E-state index contributed by atoms with van der Waals surface area (Å²) in [5.74, 6) is -4.48. The maximum absolute atomic E-state index is 14.9. The number of benzene rings is 1. The van der Waals surface area contributed by atoms with Gasteiger partial charge in [-0.05, 0) is 76.9 Å². The zero-order valence-electron chi connectivity index (χ0n) is 21.2. The minimum atomic E-state index is -2.54. The molecule has 200 valence electrons. The first-order valence-electron chi connectivity index (χ1n) is 13.1. The molecule has 0 spiro atoms. The number of alkyl halides is 2. The summed E-state index contributed by atoms with van der Waals surface area (Å²) in [6.45, 7) is 2.67. The van der Waals surface area contributed by atoms with E-state index in [1.54, 1.807) is 7.11 Å². The minimum Gasteiger partial charge on any atom is -0.385 e. The molecule has 8 heteroatoms. The summed E-state index contributed by atoms with van der Waals surface area (Å²) >= 11 is 0. The van der Waals surface area contributed by atoms with E-state index in [-0.39, 0.29) is 36.3 Å². The Morgan fingerprint density at radius 1 is 1.20 bits per heavy atom. The van der Waals surface area contributed by atoms with Gasteiger partial charge in [-0.3, -0.25) is 4.90 Å². The second-order valence-corrected chi connectivity index (χ2v) is 10.6. The fourth-order valence-corrected chi connectivity index (χ4v) is 6.08. The van der Waals surface area contributed by atoms with Crippen LogP contribution in [-0.4, -0.2) is 62.4 Å². The van der Waals surface area contributed by atoms with Crippen molar-refractivity contribution in [3.05, 3.63) is 35.4 Å². The van der Waals surface area contributed by atoms with Crippen LogP contribution in [0.1, 0.15) is 69.8 Å². The molecular weight excluding hydrogens is 460 g/mol. The van der Waals surface area contributed by atoms with Gasteiger partial charge in [-0.1, -0.05) is 12.1 Å². The van der Waals surface area contributed by atoms with Crippen molar-refractivity contribution in [3.8, 4) is 0 Å². The van der Waals surface area contributed by atoms with E-state index < -0.39 is 23.2 Å². The third kappa shape index (κ3) is 7.40. The third-order valence-corrected chi connectivity index (χ3v) is 8.10. The van der Waals surface area contributed by atoms with E-state index in [1.165, 1.54) is 12.1 Å². The Hall–Kier alpha value is -1.22. The molecule has 1 heterocycles. The number of aliphatic hydroxyl groups is 1. The molecule has 3 rings (SSSR count). The molecule has 1 saturated heterocycles. The van der Waals surface area contributed by atoms with E-state index in [4.69, 9.17) is 4.74 Å². The Kier molecular flexibility index (Phi) is 10.4. The van der Waals surface area contributed by atoms with Crippen LogP contribution in [0.25, 0.3) is 0 Å². The molecule has 2 aliphatic rings. The van der Waals surface area contributed by atoms with Gasteiger partial charge in [-0.15, -0.1) is 0 Å². The highest BCUT2D eigenvalue weighted by molar-refractivity contribution is 5.27. The van der Waals surface area contributed by atoms with Crippen molar-refractivity contribution in [1.29, 1.82) is 0 Å². The topological polar surface area (TPSA) is 44.7 Å². The number of ether oxygens (including phenoxy) is 1. The fourth-order valence-electron chi connectivity index (χ4n) is 6.08. The number of unbranched alkanes of at least 4 members (excludes halogenated alkanes) is 1. The van der Waals surface area contributed by atoms with Crippen LogP contribution in [0.5, 0.6) is 0 Å². The smallest absolute Gasteiger partial charge is 0.248 e. The molecule has 1 saturated carbocycles. The molecule has 1 aliphatic heterocycles. The fraction of sp³-hybridized carbons (Fsp3) is 0.778. The van der Waals surface area contributed by atoms with Gasteiger partial charge in [0.2, 0.25) is 5.92 Å². The van der Waals surface area contributed by atoms with Crippen LogP contribution in [0.3, 0.4) is 0 Å². The van der Waals surface area contributed by atoms with Crippen molar-refractivity contribution in [2.75, 3.05) is 40.4 Å². The van der Waals surface area contributed by atoms with Crippen LogP contribution >= 0.6 is 0 Å². The quantitative estimate of drug-likeness (QED) is 0.293. The van der Waals surface area contributed by atoms with Gasteiger partial charge in [0, 0.05) is 57.2 Å². The number of likely N-dealkylation sites (tertiary alicyclic amines) is 1. The minimum absolute atomic E-state index is 0.0291. The summed E-state index contributed by atoms with van der Waals surface area (Å²) < 4.78 is 61.5. The number of hydrogen-bond donors (Lipinski definition) is 2. The van der Waals surface area contributed by atoms with E-state index >= 15 is 0 Å².